The Hall–Kier alpha value is -0.473. The van der Waals surface area contributed by atoms with Crippen LogP contribution in [-0.4, -0.2) is 67.1 Å². The Morgan fingerprint density at radius 3 is 1.75 bits per heavy atom. The van der Waals surface area contributed by atoms with Gasteiger partial charge in [0, 0.05) is 0 Å². The zero-order valence-electron chi connectivity index (χ0n) is 16.3. The summed E-state index contributed by atoms with van der Waals surface area (Å²) in [5.74, 6) is -0.230. The highest BCUT2D eigenvalue weighted by atomic mass is 28.4. The molecule has 0 N–H and O–H groups in total. The van der Waals surface area contributed by atoms with Crippen molar-refractivity contribution in [2.45, 2.75) is 52.2 Å². The molecule has 0 aromatic rings. The predicted molar refractivity (Wildman–Crippen MR) is 96.9 cm³/mol. The smallest absolute Gasteiger partial charge is 0.308 e. The molecule has 0 aromatic carbocycles. The van der Waals surface area contributed by atoms with Gasteiger partial charge in [-0.15, -0.1) is 0 Å². The Morgan fingerprint density at radius 2 is 1.29 bits per heavy atom. The SMILES string of the molecule is CCOC(=O)CCOCCOCCOCCO[Si](C)(C)C(C)(C)C. The minimum absolute atomic E-state index is 0.226. The van der Waals surface area contributed by atoms with Crippen LogP contribution < -0.4 is 0 Å². The van der Waals surface area contributed by atoms with Crippen LogP contribution >= 0.6 is 0 Å². The van der Waals surface area contributed by atoms with Crippen molar-refractivity contribution >= 4 is 14.3 Å². The Kier molecular flexibility index (Phi) is 12.6. The fourth-order valence-corrected chi connectivity index (χ4v) is 2.53. The third-order valence-electron chi connectivity index (χ3n) is 4.00. The quantitative estimate of drug-likeness (QED) is 0.268. The van der Waals surface area contributed by atoms with Crippen molar-refractivity contribution in [3.8, 4) is 0 Å². The Bertz CT molecular complexity index is 328. The maximum absolute atomic E-state index is 11.1. The number of carbonyl (C=O) groups is 1. The molecule has 0 spiro atoms. The first-order valence-corrected chi connectivity index (χ1v) is 11.6. The van der Waals surface area contributed by atoms with Gasteiger partial charge in [-0.3, -0.25) is 4.79 Å². The summed E-state index contributed by atoms with van der Waals surface area (Å²) < 4.78 is 27.0. The predicted octanol–water partition coefficient (Wildman–Crippen LogP) is 3.01. The molecule has 0 aliphatic carbocycles. The molecule has 0 aliphatic heterocycles. The van der Waals surface area contributed by atoms with Gasteiger partial charge in [0.15, 0.2) is 8.32 Å². The third kappa shape index (κ3) is 12.0. The monoisotopic (exact) mass is 364 g/mol. The molecule has 24 heavy (non-hydrogen) atoms. The number of esters is 1. The Labute approximate surface area is 148 Å². The third-order valence-corrected chi connectivity index (χ3v) is 8.53. The Balaban J connectivity index is 3.33. The molecule has 0 rings (SSSR count). The van der Waals surface area contributed by atoms with E-state index in [0.717, 1.165) is 0 Å². The maximum Gasteiger partial charge on any atom is 0.308 e. The normalized spacial score (nSPS) is 12.4. The summed E-state index contributed by atoms with van der Waals surface area (Å²) in [5.41, 5.74) is 0. The van der Waals surface area contributed by atoms with Gasteiger partial charge in [0.1, 0.15) is 0 Å². The maximum atomic E-state index is 11.1. The van der Waals surface area contributed by atoms with Gasteiger partial charge in [-0.25, -0.2) is 0 Å². The second-order valence-electron chi connectivity index (χ2n) is 7.00. The van der Waals surface area contributed by atoms with Crippen LogP contribution in [0.1, 0.15) is 34.1 Å². The van der Waals surface area contributed by atoms with Crippen LogP contribution in [0, 0.1) is 0 Å². The summed E-state index contributed by atoms with van der Waals surface area (Å²) in [6.07, 6.45) is 0.283. The van der Waals surface area contributed by atoms with Crippen LogP contribution in [0.4, 0.5) is 0 Å². The van der Waals surface area contributed by atoms with E-state index < -0.39 is 8.32 Å². The topological polar surface area (TPSA) is 63.2 Å². The van der Waals surface area contributed by atoms with E-state index in [1.807, 2.05) is 0 Å². The standard InChI is InChI=1S/C17H36O6Si/c1-7-22-16(18)8-9-19-10-11-20-12-13-21-14-15-23-24(5,6)17(2,3)4/h7-15H2,1-6H3. The number of carbonyl (C=O) groups excluding carboxylic acids is 1. The molecule has 0 bridgehead atoms. The molecule has 0 amide bonds. The van der Waals surface area contributed by atoms with Gasteiger partial charge in [0.05, 0.1) is 59.3 Å². The van der Waals surface area contributed by atoms with Crippen LogP contribution in [0.25, 0.3) is 0 Å². The summed E-state index contributed by atoms with van der Waals surface area (Å²) in [4.78, 5) is 11.1. The van der Waals surface area contributed by atoms with Gasteiger partial charge in [0.2, 0.25) is 0 Å². The molecule has 7 heteroatoms. The summed E-state index contributed by atoms with van der Waals surface area (Å²) in [6, 6.07) is 0. The van der Waals surface area contributed by atoms with Crippen molar-refractivity contribution in [3.63, 3.8) is 0 Å². The van der Waals surface area contributed by atoms with Gasteiger partial charge in [-0.1, -0.05) is 20.8 Å². The molecule has 0 aliphatic rings. The van der Waals surface area contributed by atoms with E-state index in [9.17, 15) is 4.79 Å². The lowest BCUT2D eigenvalue weighted by Crippen LogP contribution is -2.41. The molecular formula is C17H36O6Si. The molecule has 6 nitrogen and oxygen atoms in total. The van der Waals surface area contributed by atoms with Gasteiger partial charge >= 0.3 is 5.97 Å². The molecule has 0 fully saturated rings. The summed E-state index contributed by atoms with van der Waals surface area (Å²) in [6.45, 7) is 17.0. The van der Waals surface area contributed by atoms with E-state index in [1.54, 1.807) is 6.92 Å². The van der Waals surface area contributed by atoms with E-state index >= 15 is 0 Å². The highest BCUT2D eigenvalue weighted by molar-refractivity contribution is 6.74. The lowest BCUT2D eigenvalue weighted by molar-refractivity contribution is -0.144. The van der Waals surface area contributed by atoms with Gasteiger partial charge in [-0.05, 0) is 25.1 Å². The number of rotatable bonds is 14. The average Bonchev–Trinajstić information content (AvgIpc) is 2.47. The highest BCUT2D eigenvalue weighted by Crippen LogP contribution is 2.36. The molecule has 0 heterocycles. The molecule has 0 radical (unpaired) electrons. The fraction of sp³-hybridized carbons (Fsp3) is 0.941. The molecule has 0 atom stereocenters. The summed E-state index contributed by atoms with van der Waals surface area (Å²) in [5, 5.41) is 0.226. The average molecular weight is 365 g/mol. The summed E-state index contributed by atoms with van der Waals surface area (Å²) >= 11 is 0. The van der Waals surface area contributed by atoms with Crippen molar-refractivity contribution in [2.24, 2.45) is 0 Å². The molecule has 0 saturated heterocycles. The zero-order chi connectivity index (χ0) is 18.5. The fourth-order valence-electron chi connectivity index (χ4n) is 1.50. The highest BCUT2D eigenvalue weighted by Gasteiger charge is 2.36. The van der Waals surface area contributed by atoms with Crippen LogP contribution in [0.15, 0.2) is 0 Å². The van der Waals surface area contributed by atoms with E-state index in [0.29, 0.717) is 52.9 Å². The molecule has 0 aromatic heterocycles. The van der Waals surface area contributed by atoms with Gasteiger partial charge in [0.25, 0.3) is 0 Å². The van der Waals surface area contributed by atoms with Crippen LogP contribution in [-0.2, 0) is 28.2 Å². The van der Waals surface area contributed by atoms with E-state index in [-0.39, 0.29) is 17.4 Å². The second-order valence-corrected chi connectivity index (χ2v) is 11.8. The summed E-state index contributed by atoms with van der Waals surface area (Å²) in [7, 11) is -1.67. The van der Waals surface area contributed by atoms with Crippen LogP contribution in [0.3, 0.4) is 0 Å². The molecule has 144 valence electrons. The first-order chi connectivity index (χ1) is 11.2. The minimum atomic E-state index is -1.67. The molecular weight excluding hydrogens is 328 g/mol. The second kappa shape index (κ2) is 12.8. The van der Waals surface area contributed by atoms with E-state index in [2.05, 4.69) is 33.9 Å². The van der Waals surface area contributed by atoms with Crippen molar-refractivity contribution in [1.29, 1.82) is 0 Å². The van der Waals surface area contributed by atoms with Crippen molar-refractivity contribution in [1.82, 2.24) is 0 Å². The van der Waals surface area contributed by atoms with Crippen LogP contribution in [0.5, 0.6) is 0 Å². The number of hydrogen-bond donors (Lipinski definition) is 0. The van der Waals surface area contributed by atoms with Crippen molar-refractivity contribution in [3.05, 3.63) is 0 Å². The largest absolute Gasteiger partial charge is 0.466 e. The Morgan fingerprint density at radius 1 is 0.833 bits per heavy atom. The molecule has 0 unspecified atom stereocenters. The van der Waals surface area contributed by atoms with Gasteiger partial charge in [-0.2, -0.15) is 0 Å². The molecule has 0 saturated carbocycles. The van der Waals surface area contributed by atoms with Crippen molar-refractivity contribution in [2.75, 3.05) is 52.9 Å². The van der Waals surface area contributed by atoms with Crippen LogP contribution in [0.2, 0.25) is 18.1 Å². The van der Waals surface area contributed by atoms with Gasteiger partial charge < -0.3 is 23.4 Å². The lowest BCUT2D eigenvalue weighted by Gasteiger charge is -2.36. The number of ether oxygens (including phenoxy) is 4. The van der Waals surface area contributed by atoms with Crippen molar-refractivity contribution < 1.29 is 28.2 Å². The zero-order valence-corrected chi connectivity index (χ0v) is 17.3. The number of hydrogen-bond acceptors (Lipinski definition) is 6. The first-order valence-electron chi connectivity index (χ1n) is 8.73. The van der Waals surface area contributed by atoms with E-state index in [1.165, 1.54) is 0 Å². The first kappa shape index (κ1) is 23.5. The minimum Gasteiger partial charge on any atom is -0.466 e. The lowest BCUT2D eigenvalue weighted by atomic mass is 10.2. The van der Waals surface area contributed by atoms with E-state index in [4.69, 9.17) is 23.4 Å².